The maximum absolute atomic E-state index is 5.84. The van der Waals surface area contributed by atoms with Crippen LogP contribution in [-0.2, 0) is 4.74 Å². The molecule has 0 saturated heterocycles. The Bertz CT molecular complexity index is 178. The maximum atomic E-state index is 5.84. The van der Waals surface area contributed by atoms with E-state index in [-0.39, 0.29) is 0 Å². The second kappa shape index (κ2) is 10.8. The van der Waals surface area contributed by atoms with E-state index in [2.05, 4.69) is 19.2 Å². The number of nitrogens with one attached hydrogen (secondary N) is 1. The summed E-state index contributed by atoms with van der Waals surface area (Å²) < 4.78 is 5.84. The SMILES string of the molecule is CCCNC(CC)CCCOCC1CCCCC1. The van der Waals surface area contributed by atoms with Gasteiger partial charge in [-0.15, -0.1) is 0 Å². The van der Waals surface area contributed by atoms with Crippen LogP contribution in [0.1, 0.15) is 71.6 Å². The van der Waals surface area contributed by atoms with E-state index in [1.54, 1.807) is 0 Å². The molecule has 108 valence electrons. The van der Waals surface area contributed by atoms with Crippen LogP contribution in [0.4, 0.5) is 0 Å². The van der Waals surface area contributed by atoms with E-state index in [4.69, 9.17) is 4.74 Å². The van der Waals surface area contributed by atoms with Crippen LogP contribution >= 0.6 is 0 Å². The molecule has 2 nitrogen and oxygen atoms in total. The average Bonchev–Trinajstić information content (AvgIpc) is 2.43. The summed E-state index contributed by atoms with van der Waals surface area (Å²) in [4.78, 5) is 0. The molecule has 0 aromatic carbocycles. The first kappa shape index (κ1) is 16.0. The van der Waals surface area contributed by atoms with Crippen LogP contribution in [0.25, 0.3) is 0 Å². The Balaban J connectivity index is 1.93. The van der Waals surface area contributed by atoms with Gasteiger partial charge in [-0.25, -0.2) is 0 Å². The van der Waals surface area contributed by atoms with Crippen LogP contribution in [0.2, 0.25) is 0 Å². The van der Waals surface area contributed by atoms with Crippen molar-refractivity contribution in [3.8, 4) is 0 Å². The molecule has 0 amide bonds. The molecule has 0 heterocycles. The van der Waals surface area contributed by atoms with Gasteiger partial charge in [0.2, 0.25) is 0 Å². The minimum atomic E-state index is 0.697. The summed E-state index contributed by atoms with van der Waals surface area (Å²) in [5, 5.41) is 3.60. The monoisotopic (exact) mass is 255 g/mol. The lowest BCUT2D eigenvalue weighted by Gasteiger charge is -2.21. The third-order valence-electron chi connectivity index (χ3n) is 4.10. The molecule has 0 aliphatic heterocycles. The molecule has 0 bridgehead atoms. The summed E-state index contributed by atoms with van der Waals surface area (Å²) in [7, 11) is 0. The molecule has 1 aliphatic rings. The molecule has 1 rings (SSSR count). The van der Waals surface area contributed by atoms with E-state index in [0.717, 1.165) is 25.7 Å². The summed E-state index contributed by atoms with van der Waals surface area (Å²) in [6.45, 7) is 7.63. The summed E-state index contributed by atoms with van der Waals surface area (Å²) in [6.07, 6.45) is 12.0. The number of rotatable bonds is 10. The number of hydrogen-bond donors (Lipinski definition) is 1. The van der Waals surface area contributed by atoms with E-state index < -0.39 is 0 Å². The van der Waals surface area contributed by atoms with Gasteiger partial charge in [-0.05, 0) is 51.0 Å². The first-order valence-corrected chi connectivity index (χ1v) is 8.18. The van der Waals surface area contributed by atoms with Crippen molar-refractivity contribution in [1.82, 2.24) is 5.32 Å². The Morgan fingerprint density at radius 3 is 2.61 bits per heavy atom. The molecule has 0 radical (unpaired) electrons. The molecular formula is C16H33NO. The maximum Gasteiger partial charge on any atom is 0.0494 e. The topological polar surface area (TPSA) is 21.3 Å². The second-order valence-electron chi connectivity index (χ2n) is 5.78. The van der Waals surface area contributed by atoms with Gasteiger partial charge in [0.25, 0.3) is 0 Å². The zero-order valence-electron chi connectivity index (χ0n) is 12.5. The third kappa shape index (κ3) is 7.38. The summed E-state index contributed by atoms with van der Waals surface area (Å²) in [5.74, 6) is 0.860. The molecule has 0 aromatic rings. The average molecular weight is 255 g/mol. The van der Waals surface area contributed by atoms with Crippen molar-refractivity contribution in [2.24, 2.45) is 5.92 Å². The standard InChI is InChI=1S/C16H33NO/c1-3-12-17-16(4-2)11-8-13-18-14-15-9-6-5-7-10-15/h15-17H,3-14H2,1-2H3. The normalized spacial score (nSPS) is 19.0. The van der Waals surface area contributed by atoms with E-state index in [1.165, 1.54) is 57.8 Å². The lowest BCUT2D eigenvalue weighted by atomic mass is 9.90. The van der Waals surface area contributed by atoms with E-state index in [1.807, 2.05) is 0 Å². The van der Waals surface area contributed by atoms with Crippen molar-refractivity contribution in [3.05, 3.63) is 0 Å². The molecule has 1 N–H and O–H groups in total. The lowest BCUT2D eigenvalue weighted by molar-refractivity contribution is 0.0813. The summed E-state index contributed by atoms with van der Waals surface area (Å²) in [6, 6.07) is 0.697. The fourth-order valence-corrected chi connectivity index (χ4v) is 2.83. The predicted octanol–water partition coefficient (Wildman–Crippen LogP) is 4.14. The van der Waals surface area contributed by atoms with Crippen LogP contribution < -0.4 is 5.32 Å². The van der Waals surface area contributed by atoms with Gasteiger partial charge < -0.3 is 10.1 Å². The molecule has 1 saturated carbocycles. The second-order valence-corrected chi connectivity index (χ2v) is 5.78. The Labute approximate surface area is 114 Å². The molecule has 2 heteroatoms. The fourth-order valence-electron chi connectivity index (χ4n) is 2.83. The zero-order valence-corrected chi connectivity index (χ0v) is 12.5. The van der Waals surface area contributed by atoms with Crippen molar-refractivity contribution in [2.75, 3.05) is 19.8 Å². The van der Waals surface area contributed by atoms with Gasteiger partial charge in [0.05, 0.1) is 0 Å². The molecule has 0 spiro atoms. The number of ether oxygens (including phenoxy) is 1. The minimum Gasteiger partial charge on any atom is -0.381 e. The zero-order chi connectivity index (χ0) is 13.1. The van der Waals surface area contributed by atoms with E-state index >= 15 is 0 Å². The highest BCUT2D eigenvalue weighted by molar-refractivity contribution is 4.66. The first-order valence-electron chi connectivity index (χ1n) is 8.18. The number of hydrogen-bond acceptors (Lipinski definition) is 2. The van der Waals surface area contributed by atoms with Gasteiger partial charge in [0.15, 0.2) is 0 Å². The molecule has 18 heavy (non-hydrogen) atoms. The molecular weight excluding hydrogens is 222 g/mol. The highest BCUT2D eigenvalue weighted by atomic mass is 16.5. The smallest absolute Gasteiger partial charge is 0.0494 e. The molecule has 1 aliphatic carbocycles. The molecule has 1 unspecified atom stereocenters. The van der Waals surface area contributed by atoms with Crippen molar-refractivity contribution in [1.29, 1.82) is 0 Å². The fraction of sp³-hybridized carbons (Fsp3) is 1.00. The van der Waals surface area contributed by atoms with Gasteiger partial charge in [0, 0.05) is 19.3 Å². The van der Waals surface area contributed by atoms with E-state index in [0.29, 0.717) is 6.04 Å². The predicted molar refractivity (Wildman–Crippen MR) is 79.0 cm³/mol. The highest BCUT2D eigenvalue weighted by Gasteiger charge is 2.13. The first-order chi connectivity index (χ1) is 8.86. The largest absolute Gasteiger partial charge is 0.381 e. The van der Waals surface area contributed by atoms with Crippen molar-refractivity contribution in [2.45, 2.75) is 77.7 Å². The molecule has 0 aromatic heterocycles. The Morgan fingerprint density at radius 1 is 1.17 bits per heavy atom. The van der Waals surface area contributed by atoms with Gasteiger partial charge >= 0.3 is 0 Å². The van der Waals surface area contributed by atoms with Gasteiger partial charge in [-0.1, -0.05) is 33.1 Å². The van der Waals surface area contributed by atoms with Crippen LogP contribution in [0, 0.1) is 5.92 Å². The Morgan fingerprint density at radius 2 is 1.94 bits per heavy atom. The van der Waals surface area contributed by atoms with Crippen LogP contribution in [0.15, 0.2) is 0 Å². The van der Waals surface area contributed by atoms with Crippen molar-refractivity contribution < 1.29 is 4.74 Å². The van der Waals surface area contributed by atoms with Crippen LogP contribution in [0.3, 0.4) is 0 Å². The third-order valence-corrected chi connectivity index (χ3v) is 4.10. The molecule has 1 fully saturated rings. The van der Waals surface area contributed by atoms with E-state index in [9.17, 15) is 0 Å². The highest BCUT2D eigenvalue weighted by Crippen LogP contribution is 2.23. The lowest BCUT2D eigenvalue weighted by Crippen LogP contribution is -2.29. The van der Waals surface area contributed by atoms with Gasteiger partial charge in [-0.3, -0.25) is 0 Å². The van der Waals surface area contributed by atoms with Crippen molar-refractivity contribution >= 4 is 0 Å². The quantitative estimate of drug-likeness (QED) is 0.592. The van der Waals surface area contributed by atoms with Crippen molar-refractivity contribution in [3.63, 3.8) is 0 Å². The summed E-state index contributed by atoms with van der Waals surface area (Å²) >= 11 is 0. The Kier molecular flexibility index (Phi) is 9.59. The minimum absolute atomic E-state index is 0.697. The molecule has 1 atom stereocenters. The Hall–Kier alpha value is -0.0800. The van der Waals surface area contributed by atoms with Crippen LogP contribution in [0.5, 0.6) is 0 Å². The summed E-state index contributed by atoms with van der Waals surface area (Å²) in [5.41, 5.74) is 0. The van der Waals surface area contributed by atoms with Gasteiger partial charge in [0.1, 0.15) is 0 Å². The van der Waals surface area contributed by atoms with Gasteiger partial charge in [-0.2, -0.15) is 0 Å². The van der Waals surface area contributed by atoms with Crippen LogP contribution in [-0.4, -0.2) is 25.8 Å².